The maximum absolute atomic E-state index is 11.8. The number of hydrogen-bond donors (Lipinski definition) is 1. The first kappa shape index (κ1) is 10.1. The van der Waals surface area contributed by atoms with Crippen LogP contribution in [0.25, 0.3) is 0 Å². The molecule has 5 heteroatoms. The molecule has 0 bridgehead atoms. The molecule has 0 amide bonds. The summed E-state index contributed by atoms with van der Waals surface area (Å²) in [7, 11) is 1.73. The molecule has 0 unspecified atom stereocenters. The highest BCUT2D eigenvalue weighted by Gasteiger charge is 2.27. The highest BCUT2D eigenvalue weighted by Crippen LogP contribution is 2.26. The normalized spacial score (nSPS) is 11.4. The van der Waals surface area contributed by atoms with Gasteiger partial charge in [-0.05, 0) is 11.5 Å². The third-order valence-electron chi connectivity index (χ3n) is 1.61. The Balaban J connectivity index is 3.02. The van der Waals surface area contributed by atoms with Crippen molar-refractivity contribution in [2.45, 2.75) is 20.8 Å². The van der Waals surface area contributed by atoms with E-state index in [2.05, 4.69) is 14.9 Å². The SMILES string of the molecule is CNc1nnsc1C(=O)C(C)(C)C. The van der Waals surface area contributed by atoms with Gasteiger partial charge in [-0.1, -0.05) is 25.3 Å². The van der Waals surface area contributed by atoms with E-state index in [0.29, 0.717) is 10.7 Å². The summed E-state index contributed by atoms with van der Waals surface area (Å²) in [4.78, 5) is 12.4. The number of nitrogens with one attached hydrogen (secondary N) is 1. The summed E-state index contributed by atoms with van der Waals surface area (Å²) in [5, 5.41) is 6.65. The van der Waals surface area contributed by atoms with Gasteiger partial charge in [-0.3, -0.25) is 4.79 Å². The van der Waals surface area contributed by atoms with Crippen molar-refractivity contribution in [2.24, 2.45) is 5.41 Å². The topological polar surface area (TPSA) is 54.9 Å². The molecule has 0 aromatic carbocycles. The van der Waals surface area contributed by atoms with Crippen molar-refractivity contribution in [3.05, 3.63) is 4.88 Å². The molecule has 1 rings (SSSR count). The number of carbonyl (C=O) groups excluding carboxylic acids is 1. The summed E-state index contributed by atoms with van der Waals surface area (Å²) in [6.07, 6.45) is 0. The highest BCUT2D eigenvalue weighted by molar-refractivity contribution is 7.08. The summed E-state index contributed by atoms with van der Waals surface area (Å²) in [5.41, 5.74) is -0.375. The Labute approximate surface area is 81.5 Å². The predicted molar refractivity (Wildman–Crippen MR) is 53.2 cm³/mol. The third kappa shape index (κ3) is 2.03. The van der Waals surface area contributed by atoms with Gasteiger partial charge in [-0.2, -0.15) is 0 Å². The van der Waals surface area contributed by atoms with Crippen molar-refractivity contribution in [3.63, 3.8) is 0 Å². The van der Waals surface area contributed by atoms with Gasteiger partial charge in [0, 0.05) is 12.5 Å². The van der Waals surface area contributed by atoms with Crippen LogP contribution in [0.4, 0.5) is 5.82 Å². The summed E-state index contributed by atoms with van der Waals surface area (Å²) in [6.45, 7) is 5.65. The Morgan fingerprint density at radius 3 is 2.54 bits per heavy atom. The number of ketones is 1. The van der Waals surface area contributed by atoms with E-state index in [1.54, 1.807) is 7.05 Å². The smallest absolute Gasteiger partial charge is 0.183 e. The molecule has 0 aliphatic rings. The average Bonchev–Trinajstić information content (AvgIpc) is 2.48. The summed E-state index contributed by atoms with van der Waals surface area (Å²) < 4.78 is 3.74. The van der Waals surface area contributed by atoms with E-state index < -0.39 is 0 Å². The highest BCUT2D eigenvalue weighted by atomic mass is 32.1. The quantitative estimate of drug-likeness (QED) is 0.738. The van der Waals surface area contributed by atoms with E-state index in [1.807, 2.05) is 20.8 Å². The molecule has 0 saturated heterocycles. The Hall–Kier alpha value is -0.970. The van der Waals surface area contributed by atoms with Gasteiger partial charge >= 0.3 is 0 Å². The molecular formula is C8H13N3OS. The van der Waals surface area contributed by atoms with Gasteiger partial charge in [0.1, 0.15) is 4.88 Å². The zero-order chi connectivity index (χ0) is 10.1. The minimum absolute atomic E-state index is 0.0758. The molecule has 1 heterocycles. The molecule has 72 valence electrons. The van der Waals surface area contributed by atoms with Gasteiger partial charge < -0.3 is 5.32 Å². The van der Waals surface area contributed by atoms with E-state index in [4.69, 9.17) is 0 Å². The van der Waals surface area contributed by atoms with Gasteiger partial charge in [-0.15, -0.1) is 5.10 Å². The van der Waals surface area contributed by atoms with Crippen LogP contribution >= 0.6 is 11.5 Å². The maximum Gasteiger partial charge on any atom is 0.183 e. The monoisotopic (exact) mass is 199 g/mol. The van der Waals surface area contributed by atoms with E-state index in [-0.39, 0.29) is 11.2 Å². The van der Waals surface area contributed by atoms with Crippen LogP contribution < -0.4 is 5.32 Å². The van der Waals surface area contributed by atoms with Crippen LogP contribution in [0.5, 0.6) is 0 Å². The van der Waals surface area contributed by atoms with Crippen molar-refractivity contribution in [1.82, 2.24) is 9.59 Å². The second kappa shape index (κ2) is 3.41. The number of aromatic nitrogens is 2. The first-order valence-corrected chi connectivity index (χ1v) is 4.79. The number of anilines is 1. The number of Topliss-reactive ketones (excluding diaryl/α,β-unsaturated/α-hetero) is 1. The zero-order valence-corrected chi connectivity index (χ0v) is 9.03. The molecule has 1 aromatic heterocycles. The maximum atomic E-state index is 11.8. The first-order chi connectivity index (χ1) is 5.96. The number of carbonyl (C=O) groups is 1. The van der Waals surface area contributed by atoms with Gasteiger partial charge in [-0.25, -0.2) is 0 Å². The average molecular weight is 199 g/mol. The summed E-state index contributed by atoms with van der Waals surface area (Å²) >= 11 is 1.14. The minimum atomic E-state index is -0.375. The second-order valence-electron chi connectivity index (χ2n) is 3.78. The van der Waals surface area contributed by atoms with Crippen LogP contribution in [-0.2, 0) is 0 Å². The molecule has 0 radical (unpaired) electrons. The Kier molecular flexibility index (Phi) is 2.66. The van der Waals surface area contributed by atoms with Crippen LogP contribution in [0.15, 0.2) is 0 Å². The lowest BCUT2D eigenvalue weighted by molar-refractivity contribution is 0.0863. The zero-order valence-electron chi connectivity index (χ0n) is 8.21. The van der Waals surface area contributed by atoms with Crippen LogP contribution in [0.3, 0.4) is 0 Å². The van der Waals surface area contributed by atoms with Crippen molar-refractivity contribution < 1.29 is 4.79 Å². The molecule has 0 atom stereocenters. The molecule has 0 aliphatic carbocycles. The number of hydrogen-bond acceptors (Lipinski definition) is 5. The van der Waals surface area contributed by atoms with E-state index in [1.165, 1.54) is 0 Å². The van der Waals surface area contributed by atoms with Gasteiger partial charge in [0.05, 0.1) is 0 Å². The van der Waals surface area contributed by atoms with E-state index in [0.717, 1.165) is 11.5 Å². The van der Waals surface area contributed by atoms with Crippen LogP contribution in [0, 0.1) is 5.41 Å². The molecule has 1 aromatic rings. The molecule has 0 spiro atoms. The van der Waals surface area contributed by atoms with Crippen LogP contribution in [0.2, 0.25) is 0 Å². The molecular weight excluding hydrogens is 186 g/mol. The fourth-order valence-corrected chi connectivity index (χ4v) is 1.67. The van der Waals surface area contributed by atoms with Crippen molar-refractivity contribution in [3.8, 4) is 0 Å². The standard InChI is InChI=1S/C8H13N3OS/c1-8(2,3)6(12)5-7(9-4)10-11-13-5/h9H,1-4H3. The summed E-state index contributed by atoms with van der Waals surface area (Å²) in [6, 6.07) is 0. The second-order valence-corrected chi connectivity index (χ2v) is 4.53. The molecule has 0 aliphatic heterocycles. The molecule has 0 fully saturated rings. The fraction of sp³-hybridized carbons (Fsp3) is 0.625. The Bertz CT molecular complexity index is 313. The van der Waals surface area contributed by atoms with Gasteiger partial charge in [0.2, 0.25) is 0 Å². The Morgan fingerprint density at radius 1 is 1.46 bits per heavy atom. The first-order valence-electron chi connectivity index (χ1n) is 4.01. The van der Waals surface area contributed by atoms with Crippen molar-refractivity contribution in [1.29, 1.82) is 0 Å². The lowest BCUT2D eigenvalue weighted by atomic mass is 9.90. The summed E-state index contributed by atoms with van der Waals surface area (Å²) in [5.74, 6) is 0.650. The van der Waals surface area contributed by atoms with Gasteiger partial charge in [0.15, 0.2) is 11.6 Å². The molecule has 0 saturated carbocycles. The van der Waals surface area contributed by atoms with Crippen molar-refractivity contribution in [2.75, 3.05) is 12.4 Å². The predicted octanol–water partition coefficient (Wildman–Crippen LogP) is 1.81. The Morgan fingerprint density at radius 2 is 2.08 bits per heavy atom. The van der Waals surface area contributed by atoms with E-state index >= 15 is 0 Å². The van der Waals surface area contributed by atoms with Crippen LogP contribution in [-0.4, -0.2) is 22.4 Å². The van der Waals surface area contributed by atoms with Gasteiger partial charge in [0.25, 0.3) is 0 Å². The number of rotatable bonds is 2. The lowest BCUT2D eigenvalue weighted by Crippen LogP contribution is -2.20. The third-order valence-corrected chi connectivity index (χ3v) is 2.34. The number of nitrogens with zero attached hydrogens (tertiary/aromatic N) is 2. The minimum Gasteiger partial charge on any atom is -0.370 e. The molecule has 1 N–H and O–H groups in total. The molecule has 4 nitrogen and oxygen atoms in total. The lowest BCUT2D eigenvalue weighted by Gasteiger charge is -2.14. The fourth-order valence-electron chi connectivity index (χ4n) is 0.844. The van der Waals surface area contributed by atoms with Crippen LogP contribution in [0.1, 0.15) is 30.4 Å². The van der Waals surface area contributed by atoms with Crippen molar-refractivity contribution >= 4 is 23.1 Å². The molecule has 13 heavy (non-hydrogen) atoms. The largest absolute Gasteiger partial charge is 0.370 e. The van der Waals surface area contributed by atoms with E-state index in [9.17, 15) is 4.79 Å².